The molecule has 8 heteroatoms. The SMILES string of the molecule is COCCOC(=O)/C(C#N)=C/c1ccc(OC(=O)c2ccc(F)cc2)c(OC)c1. The Morgan fingerprint density at radius 1 is 1.07 bits per heavy atom. The lowest BCUT2D eigenvalue weighted by Crippen LogP contribution is -2.11. The second-order valence-electron chi connectivity index (χ2n) is 5.61. The van der Waals surface area contributed by atoms with Gasteiger partial charge in [-0.25, -0.2) is 14.0 Å². The largest absolute Gasteiger partial charge is 0.493 e. The lowest BCUT2D eigenvalue weighted by molar-refractivity contribution is -0.139. The summed E-state index contributed by atoms with van der Waals surface area (Å²) in [6.07, 6.45) is 1.32. The van der Waals surface area contributed by atoms with Gasteiger partial charge >= 0.3 is 11.9 Å². The summed E-state index contributed by atoms with van der Waals surface area (Å²) in [6.45, 7) is 0.238. The summed E-state index contributed by atoms with van der Waals surface area (Å²) in [5, 5.41) is 9.18. The molecule has 2 rings (SSSR count). The van der Waals surface area contributed by atoms with E-state index in [9.17, 15) is 19.2 Å². The molecule has 0 heterocycles. The Labute approximate surface area is 166 Å². The summed E-state index contributed by atoms with van der Waals surface area (Å²) in [7, 11) is 2.84. The molecule has 2 aromatic carbocycles. The van der Waals surface area contributed by atoms with Gasteiger partial charge in [0.15, 0.2) is 11.5 Å². The number of halogens is 1. The molecule has 2 aromatic rings. The number of ether oxygens (including phenoxy) is 4. The van der Waals surface area contributed by atoms with Crippen molar-refractivity contribution in [1.29, 1.82) is 5.26 Å². The molecule has 0 unspecified atom stereocenters. The van der Waals surface area contributed by atoms with Crippen molar-refractivity contribution in [2.45, 2.75) is 0 Å². The predicted octanol–water partition coefficient (Wildman–Crippen LogP) is 3.15. The van der Waals surface area contributed by atoms with Gasteiger partial charge in [0.05, 0.1) is 19.3 Å². The molecule has 0 N–H and O–H groups in total. The lowest BCUT2D eigenvalue weighted by Gasteiger charge is -2.10. The average molecular weight is 399 g/mol. The van der Waals surface area contributed by atoms with Gasteiger partial charge in [0.2, 0.25) is 0 Å². The average Bonchev–Trinajstić information content (AvgIpc) is 2.73. The molecule has 150 valence electrons. The maximum atomic E-state index is 13.0. The van der Waals surface area contributed by atoms with E-state index in [1.54, 1.807) is 6.07 Å². The number of esters is 2. The summed E-state index contributed by atoms with van der Waals surface area (Å²) < 4.78 is 33.2. The number of methoxy groups -OCH3 is 2. The maximum Gasteiger partial charge on any atom is 0.348 e. The van der Waals surface area contributed by atoms with E-state index in [4.69, 9.17) is 18.9 Å². The normalized spacial score (nSPS) is 10.8. The summed E-state index contributed by atoms with van der Waals surface area (Å²) >= 11 is 0. The molecule has 0 saturated heterocycles. The molecule has 0 bridgehead atoms. The van der Waals surface area contributed by atoms with Crippen LogP contribution in [-0.4, -0.2) is 39.4 Å². The highest BCUT2D eigenvalue weighted by atomic mass is 19.1. The first-order valence-electron chi connectivity index (χ1n) is 8.42. The minimum Gasteiger partial charge on any atom is -0.493 e. The number of hydrogen-bond acceptors (Lipinski definition) is 7. The molecule has 0 amide bonds. The fourth-order valence-corrected chi connectivity index (χ4v) is 2.20. The Kier molecular flexibility index (Phi) is 7.88. The molecule has 0 radical (unpaired) electrons. The number of hydrogen-bond donors (Lipinski definition) is 0. The summed E-state index contributed by atoms with van der Waals surface area (Å²) in [5.74, 6) is -1.61. The number of nitriles is 1. The number of carbonyl (C=O) groups is 2. The number of rotatable bonds is 8. The third-order valence-electron chi connectivity index (χ3n) is 3.64. The van der Waals surface area contributed by atoms with Crippen molar-refractivity contribution in [1.82, 2.24) is 0 Å². The molecule has 29 heavy (non-hydrogen) atoms. The molecule has 0 aliphatic rings. The predicted molar refractivity (Wildman–Crippen MR) is 101 cm³/mol. The van der Waals surface area contributed by atoms with Crippen LogP contribution < -0.4 is 9.47 Å². The Bertz CT molecular complexity index is 947. The molecule has 7 nitrogen and oxygen atoms in total. The van der Waals surface area contributed by atoms with Gasteiger partial charge in [0.1, 0.15) is 24.1 Å². The van der Waals surface area contributed by atoms with Crippen LogP contribution in [0.15, 0.2) is 48.0 Å². The first-order valence-corrected chi connectivity index (χ1v) is 8.42. The van der Waals surface area contributed by atoms with Crippen LogP contribution in [0.2, 0.25) is 0 Å². The molecular formula is C21H18FNO6. The van der Waals surface area contributed by atoms with Gasteiger partial charge in [0, 0.05) is 7.11 Å². The van der Waals surface area contributed by atoms with E-state index in [0.717, 1.165) is 12.1 Å². The first-order chi connectivity index (χ1) is 14.0. The van der Waals surface area contributed by atoms with Gasteiger partial charge in [-0.15, -0.1) is 0 Å². The number of benzene rings is 2. The van der Waals surface area contributed by atoms with Crippen LogP contribution in [0, 0.1) is 17.1 Å². The van der Waals surface area contributed by atoms with Crippen molar-refractivity contribution >= 4 is 18.0 Å². The third-order valence-corrected chi connectivity index (χ3v) is 3.64. The number of nitrogens with zero attached hydrogens (tertiary/aromatic N) is 1. The highest BCUT2D eigenvalue weighted by Crippen LogP contribution is 2.29. The second kappa shape index (κ2) is 10.6. The second-order valence-corrected chi connectivity index (χ2v) is 5.61. The fraction of sp³-hybridized carbons (Fsp3) is 0.190. The van der Waals surface area contributed by atoms with E-state index in [0.29, 0.717) is 5.56 Å². The topological polar surface area (TPSA) is 94.9 Å². The van der Waals surface area contributed by atoms with E-state index in [1.165, 1.54) is 50.6 Å². The molecule has 0 aromatic heterocycles. The Balaban J connectivity index is 2.18. The van der Waals surface area contributed by atoms with Crippen molar-refractivity contribution in [3.05, 3.63) is 65.0 Å². The van der Waals surface area contributed by atoms with E-state index >= 15 is 0 Å². The van der Waals surface area contributed by atoms with Gasteiger partial charge < -0.3 is 18.9 Å². The first kappa shape index (κ1) is 21.6. The van der Waals surface area contributed by atoms with Crippen molar-refractivity contribution in [2.75, 3.05) is 27.4 Å². The van der Waals surface area contributed by atoms with Crippen LogP contribution in [-0.2, 0) is 14.3 Å². The monoisotopic (exact) mass is 399 g/mol. The van der Waals surface area contributed by atoms with Gasteiger partial charge in [0.25, 0.3) is 0 Å². The summed E-state index contributed by atoms with van der Waals surface area (Å²) in [5.41, 5.74) is 0.422. The van der Waals surface area contributed by atoms with Crippen LogP contribution in [0.3, 0.4) is 0 Å². The summed E-state index contributed by atoms with van der Waals surface area (Å²) in [6, 6.07) is 11.2. The Morgan fingerprint density at radius 3 is 2.41 bits per heavy atom. The minimum atomic E-state index is -0.782. The van der Waals surface area contributed by atoms with Crippen molar-refractivity contribution in [3.63, 3.8) is 0 Å². The van der Waals surface area contributed by atoms with Gasteiger partial charge in [-0.3, -0.25) is 0 Å². The highest BCUT2D eigenvalue weighted by Gasteiger charge is 2.15. The van der Waals surface area contributed by atoms with Gasteiger partial charge in [-0.1, -0.05) is 6.07 Å². The molecular weight excluding hydrogens is 381 g/mol. The van der Waals surface area contributed by atoms with E-state index in [1.807, 2.05) is 0 Å². The lowest BCUT2D eigenvalue weighted by atomic mass is 10.1. The molecule has 0 fully saturated rings. The van der Waals surface area contributed by atoms with Crippen molar-refractivity contribution in [2.24, 2.45) is 0 Å². The van der Waals surface area contributed by atoms with E-state index < -0.39 is 17.8 Å². The van der Waals surface area contributed by atoms with E-state index in [-0.39, 0.29) is 35.8 Å². The Morgan fingerprint density at radius 2 is 1.79 bits per heavy atom. The molecule has 0 aliphatic carbocycles. The molecule has 0 atom stereocenters. The van der Waals surface area contributed by atoms with Gasteiger partial charge in [-0.05, 0) is 48.0 Å². The highest BCUT2D eigenvalue weighted by molar-refractivity contribution is 5.98. The number of carbonyl (C=O) groups excluding carboxylic acids is 2. The minimum absolute atomic E-state index is 0.0238. The summed E-state index contributed by atoms with van der Waals surface area (Å²) in [4.78, 5) is 24.1. The van der Waals surface area contributed by atoms with Crippen LogP contribution >= 0.6 is 0 Å². The zero-order valence-electron chi connectivity index (χ0n) is 15.8. The Hall–Kier alpha value is -3.70. The van der Waals surface area contributed by atoms with E-state index in [2.05, 4.69) is 0 Å². The molecule has 0 spiro atoms. The zero-order chi connectivity index (χ0) is 21.2. The standard InChI is InChI=1S/C21H18FNO6/c1-26-9-10-28-20(24)16(13-23)11-14-3-8-18(19(12-14)27-2)29-21(25)15-4-6-17(22)7-5-15/h3-8,11-12H,9-10H2,1-2H3/b16-11+. The van der Waals surface area contributed by atoms with Crippen LogP contribution in [0.4, 0.5) is 4.39 Å². The zero-order valence-corrected chi connectivity index (χ0v) is 15.8. The quantitative estimate of drug-likeness (QED) is 0.221. The van der Waals surface area contributed by atoms with Crippen LogP contribution in [0.25, 0.3) is 6.08 Å². The van der Waals surface area contributed by atoms with Crippen molar-refractivity contribution < 1.29 is 32.9 Å². The third kappa shape index (κ3) is 6.16. The van der Waals surface area contributed by atoms with Crippen LogP contribution in [0.1, 0.15) is 15.9 Å². The van der Waals surface area contributed by atoms with Gasteiger partial charge in [-0.2, -0.15) is 5.26 Å². The molecule has 0 saturated carbocycles. The van der Waals surface area contributed by atoms with Crippen LogP contribution in [0.5, 0.6) is 11.5 Å². The fourth-order valence-electron chi connectivity index (χ4n) is 2.20. The molecule has 0 aliphatic heterocycles. The maximum absolute atomic E-state index is 13.0. The van der Waals surface area contributed by atoms with Crippen molar-refractivity contribution in [3.8, 4) is 17.6 Å². The smallest absolute Gasteiger partial charge is 0.348 e.